The lowest BCUT2D eigenvalue weighted by molar-refractivity contribution is -0.128. The summed E-state index contributed by atoms with van der Waals surface area (Å²) in [7, 11) is 0. The third-order valence-corrected chi connectivity index (χ3v) is 4.65. The van der Waals surface area contributed by atoms with Gasteiger partial charge in [0, 0.05) is 36.6 Å². The van der Waals surface area contributed by atoms with Crippen molar-refractivity contribution >= 4 is 28.4 Å². The SMILES string of the molecule is O=C(Nc1cccc2[nH]ccc12)C1CC(=O)N(Cc2ccccc2)C1. The molecule has 25 heavy (non-hydrogen) atoms. The Kier molecular flexibility index (Phi) is 3.98. The molecule has 5 nitrogen and oxygen atoms in total. The van der Waals surface area contributed by atoms with Gasteiger partial charge in [0.05, 0.1) is 11.6 Å². The Bertz CT molecular complexity index is 917. The van der Waals surface area contributed by atoms with Crippen molar-refractivity contribution in [2.75, 3.05) is 11.9 Å². The van der Waals surface area contributed by atoms with Gasteiger partial charge in [-0.15, -0.1) is 0 Å². The normalized spacial score (nSPS) is 17.2. The van der Waals surface area contributed by atoms with E-state index in [0.29, 0.717) is 13.1 Å². The van der Waals surface area contributed by atoms with Crippen LogP contribution in [-0.2, 0) is 16.1 Å². The lowest BCUT2D eigenvalue weighted by Gasteiger charge is -2.16. The summed E-state index contributed by atoms with van der Waals surface area (Å²) in [4.78, 5) is 29.8. The first-order valence-electron chi connectivity index (χ1n) is 8.39. The Balaban J connectivity index is 1.45. The van der Waals surface area contributed by atoms with Gasteiger partial charge in [-0.1, -0.05) is 36.4 Å². The Hall–Kier alpha value is -3.08. The average molecular weight is 333 g/mol. The van der Waals surface area contributed by atoms with E-state index in [1.807, 2.05) is 60.8 Å². The fourth-order valence-corrected chi connectivity index (χ4v) is 3.33. The number of H-pyrrole nitrogens is 1. The van der Waals surface area contributed by atoms with E-state index in [2.05, 4.69) is 10.3 Å². The summed E-state index contributed by atoms with van der Waals surface area (Å²) in [6.45, 7) is 1.01. The molecular weight excluding hydrogens is 314 g/mol. The minimum atomic E-state index is -0.314. The molecule has 2 heterocycles. The lowest BCUT2D eigenvalue weighted by Crippen LogP contribution is -2.28. The quantitative estimate of drug-likeness (QED) is 0.770. The average Bonchev–Trinajstić information content (AvgIpc) is 3.24. The Labute approximate surface area is 145 Å². The number of aromatic nitrogens is 1. The Morgan fingerprint density at radius 1 is 1.12 bits per heavy atom. The van der Waals surface area contributed by atoms with Crippen molar-refractivity contribution in [3.63, 3.8) is 0 Å². The summed E-state index contributed by atoms with van der Waals surface area (Å²) in [5, 5.41) is 3.95. The first kappa shape index (κ1) is 15.4. The maximum absolute atomic E-state index is 12.6. The smallest absolute Gasteiger partial charge is 0.229 e. The highest BCUT2D eigenvalue weighted by molar-refractivity contribution is 6.03. The number of hydrogen-bond donors (Lipinski definition) is 2. The van der Waals surface area contributed by atoms with Crippen LogP contribution in [-0.4, -0.2) is 28.2 Å². The van der Waals surface area contributed by atoms with Crippen molar-refractivity contribution in [1.29, 1.82) is 0 Å². The third-order valence-electron chi connectivity index (χ3n) is 4.65. The molecule has 0 bridgehead atoms. The van der Waals surface area contributed by atoms with Crippen LogP contribution in [0.3, 0.4) is 0 Å². The topological polar surface area (TPSA) is 65.2 Å². The molecule has 3 aromatic rings. The van der Waals surface area contributed by atoms with Crippen LogP contribution in [0.5, 0.6) is 0 Å². The first-order valence-corrected chi connectivity index (χ1v) is 8.39. The summed E-state index contributed by atoms with van der Waals surface area (Å²) in [5.41, 5.74) is 2.83. The molecule has 1 fully saturated rings. The van der Waals surface area contributed by atoms with E-state index in [0.717, 1.165) is 22.2 Å². The number of likely N-dealkylation sites (tertiary alicyclic amines) is 1. The molecule has 1 aliphatic rings. The van der Waals surface area contributed by atoms with E-state index in [4.69, 9.17) is 0 Å². The fourth-order valence-electron chi connectivity index (χ4n) is 3.33. The minimum Gasteiger partial charge on any atom is -0.361 e. The second-order valence-corrected chi connectivity index (χ2v) is 6.39. The number of fused-ring (bicyclic) bond motifs is 1. The second-order valence-electron chi connectivity index (χ2n) is 6.39. The summed E-state index contributed by atoms with van der Waals surface area (Å²) < 4.78 is 0. The number of nitrogens with one attached hydrogen (secondary N) is 2. The predicted octanol–water partition coefficient (Wildman–Crippen LogP) is 3.16. The number of aromatic amines is 1. The standard InChI is InChI=1S/C20H19N3O2/c24-19-11-15(13-23(19)12-14-5-2-1-3-6-14)20(25)22-18-8-4-7-17-16(18)9-10-21-17/h1-10,15,21H,11-13H2,(H,22,25). The van der Waals surface area contributed by atoms with Crippen molar-refractivity contribution in [2.24, 2.45) is 5.92 Å². The van der Waals surface area contributed by atoms with Gasteiger partial charge >= 0.3 is 0 Å². The molecule has 1 atom stereocenters. The molecule has 0 aliphatic carbocycles. The predicted molar refractivity (Wildman–Crippen MR) is 96.9 cm³/mol. The van der Waals surface area contributed by atoms with Crippen molar-refractivity contribution in [2.45, 2.75) is 13.0 Å². The largest absolute Gasteiger partial charge is 0.361 e. The van der Waals surface area contributed by atoms with Gasteiger partial charge in [0.2, 0.25) is 11.8 Å². The molecule has 2 amide bonds. The lowest BCUT2D eigenvalue weighted by atomic mass is 10.1. The molecule has 0 spiro atoms. The highest BCUT2D eigenvalue weighted by Gasteiger charge is 2.34. The van der Waals surface area contributed by atoms with Crippen LogP contribution >= 0.6 is 0 Å². The fraction of sp³-hybridized carbons (Fsp3) is 0.200. The van der Waals surface area contributed by atoms with Gasteiger partial charge in [0.15, 0.2) is 0 Å². The number of carbonyl (C=O) groups is 2. The minimum absolute atomic E-state index is 0.0313. The molecule has 126 valence electrons. The number of anilines is 1. The van der Waals surface area contributed by atoms with Crippen LogP contribution in [0.1, 0.15) is 12.0 Å². The summed E-state index contributed by atoms with van der Waals surface area (Å²) in [6.07, 6.45) is 2.11. The highest BCUT2D eigenvalue weighted by atomic mass is 16.2. The molecule has 1 saturated heterocycles. The molecular formula is C20H19N3O2. The number of benzene rings is 2. The highest BCUT2D eigenvalue weighted by Crippen LogP contribution is 2.25. The first-order chi connectivity index (χ1) is 12.2. The Morgan fingerprint density at radius 2 is 1.96 bits per heavy atom. The monoisotopic (exact) mass is 333 g/mol. The molecule has 5 heteroatoms. The van der Waals surface area contributed by atoms with Gasteiger partial charge in [-0.2, -0.15) is 0 Å². The molecule has 0 radical (unpaired) electrons. The van der Waals surface area contributed by atoms with Gasteiger partial charge in [-0.25, -0.2) is 0 Å². The van der Waals surface area contributed by atoms with Crippen molar-refractivity contribution in [3.05, 3.63) is 66.4 Å². The van der Waals surface area contributed by atoms with E-state index in [-0.39, 0.29) is 24.2 Å². The van der Waals surface area contributed by atoms with Gasteiger partial charge in [-0.05, 0) is 23.8 Å². The molecule has 1 aliphatic heterocycles. The van der Waals surface area contributed by atoms with E-state index in [9.17, 15) is 9.59 Å². The van der Waals surface area contributed by atoms with Crippen molar-refractivity contribution in [1.82, 2.24) is 9.88 Å². The van der Waals surface area contributed by atoms with Gasteiger partial charge in [0.25, 0.3) is 0 Å². The number of amides is 2. The molecule has 4 rings (SSSR count). The van der Waals surface area contributed by atoms with Crippen LogP contribution < -0.4 is 5.32 Å². The van der Waals surface area contributed by atoms with Gasteiger partial charge in [-0.3, -0.25) is 9.59 Å². The summed E-state index contributed by atoms with van der Waals surface area (Å²) in [5.74, 6) is -0.383. The van der Waals surface area contributed by atoms with Gasteiger partial charge in [0.1, 0.15) is 0 Å². The van der Waals surface area contributed by atoms with E-state index in [1.54, 1.807) is 4.90 Å². The molecule has 2 aromatic carbocycles. The number of nitrogens with zero attached hydrogens (tertiary/aromatic N) is 1. The number of hydrogen-bond acceptors (Lipinski definition) is 2. The number of rotatable bonds is 4. The molecule has 1 unspecified atom stereocenters. The Morgan fingerprint density at radius 3 is 2.80 bits per heavy atom. The molecule has 2 N–H and O–H groups in total. The second kappa shape index (κ2) is 6.43. The molecule has 0 saturated carbocycles. The summed E-state index contributed by atoms with van der Waals surface area (Å²) >= 11 is 0. The van der Waals surface area contributed by atoms with Crippen LogP contribution in [0.2, 0.25) is 0 Å². The third kappa shape index (κ3) is 3.13. The van der Waals surface area contributed by atoms with E-state index < -0.39 is 0 Å². The van der Waals surface area contributed by atoms with Crippen molar-refractivity contribution < 1.29 is 9.59 Å². The zero-order valence-electron chi connectivity index (χ0n) is 13.7. The van der Waals surface area contributed by atoms with E-state index >= 15 is 0 Å². The maximum atomic E-state index is 12.6. The maximum Gasteiger partial charge on any atom is 0.229 e. The van der Waals surface area contributed by atoms with Gasteiger partial charge < -0.3 is 15.2 Å². The van der Waals surface area contributed by atoms with E-state index in [1.165, 1.54) is 0 Å². The van der Waals surface area contributed by atoms with Crippen LogP contribution in [0.4, 0.5) is 5.69 Å². The zero-order chi connectivity index (χ0) is 17.2. The zero-order valence-corrected chi connectivity index (χ0v) is 13.7. The van der Waals surface area contributed by atoms with Crippen LogP contribution in [0.15, 0.2) is 60.8 Å². The van der Waals surface area contributed by atoms with Crippen molar-refractivity contribution in [3.8, 4) is 0 Å². The van der Waals surface area contributed by atoms with Crippen LogP contribution in [0.25, 0.3) is 10.9 Å². The summed E-state index contributed by atoms with van der Waals surface area (Å²) in [6, 6.07) is 17.5. The molecule has 1 aromatic heterocycles. The number of carbonyl (C=O) groups excluding carboxylic acids is 2. The van der Waals surface area contributed by atoms with Crippen LogP contribution in [0, 0.1) is 5.92 Å².